The first-order valence-corrected chi connectivity index (χ1v) is 13.5. The number of nitrogens with zero attached hydrogens (tertiary/aromatic N) is 2. The number of imidazole rings is 1. The number of hydrogen-bond donors (Lipinski definition) is 0. The minimum Gasteiger partial charge on any atom is -0.490 e. The zero-order chi connectivity index (χ0) is 24.6. The van der Waals surface area contributed by atoms with E-state index in [1.165, 1.54) is 22.1 Å². The summed E-state index contributed by atoms with van der Waals surface area (Å²) in [6, 6.07) is 26.2. The van der Waals surface area contributed by atoms with Crippen molar-refractivity contribution in [3.63, 3.8) is 0 Å². The van der Waals surface area contributed by atoms with Crippen LogP contribution < -0.4 is 19.6 Å². The average Bonchev–Trinajstić information content (AvgIpc) is 3.39. The first-order chi connectivity index (χ1) is 17.6. The van der Waals surface area contributed by atoms with E-state index in [9.17, 15) is 4.79 Å². The van der Waals surface area contributed by atoms with Gasteiger partial charge >= 0.3 is 0 Å². The Balaban J connectivity index is 1.37. The molecule has 0 saturated carbocycles. The van der Waals surface area contributed by atoms with Crippen molar-refractivity contribution >= 4 is 66.8 Å². The second-order valence-electron chi connectivity index (χ2n) is 8.32. The standard InChI is InChI=1S/C29H21IN2O3S/c1-2-34-25-15-18(16-26-28(33)32-24-13-6-5-12-23(24)31-29(32)36-26)14-22(30)27(25)35-17-20-10-7-9-19-8-3-4-11-21(19)20/h3-16H,2,17H2,1H3/b26-16+. The minimum absolute atomic E-state index is 0.0621. The number of aromatic nitrogens is 2. The van der Waals surface area contributed by atoms with Gasteiger partial charge in [-0.2, -0.15) is 0 Å². The summed E-state index contributed by atoms with van der Waals surface area (Å²) in [7, 11) is 0. The number of fused-ring (bicyclic) bond motifs is 4. The highest BCUT2D eigenvalue weighted by atomic mass is 127. The lowest BCUT2D eigenvalue weighted by Crippen LogP contribution is -2.22. The molecule has 2 aromatic heterocycles. The van der Waals surface area contributed by atoms with Gasteiger partial charge in [-0.1, -0.05) is 65.9 Å². The third-order valence-electron chi connectivity index (χ3n) is 6.03. The van der Waals surface area contributed by atoms with E-state index in [1.54, 1.807) is 4.40 Å². The molecule has 4 aromatic carbocycles. The molecule has 0 radical (unpaired) electrons. The van der Waals surface area contributed by atoms with E-state index in [2.05, 4.69) is 57.9 Å². The molecule has 0 aliphatic heterocycles. The minimum atomic E-state index is -0.0621. The van der Waals surface area contributed by atoms with Gasteiger partial charge in [-0.15, -0.1) is 0 Å². The normalized spacial score (nSPS) is 12.1. The van der Waals surface area contributed by atoms with Crippen LogP contribution in [0.15, 0.2) is 83.7 Å². The quantitative estimate of drug-likeness (QED) is 0.213. The van der Waals surface area contributed by atoms with E-state index >= 15 is 0 Å². The Kier molecular flexibility index (Phi) is 6.10. The van der Waals surface area contributed by atoms with Crippen LogP contribution in [0, 0.1) is 3.57 Å². The van der Waals surface area contributed by atoms with Gasteiger partial charge in [-0.3, -0.25) is 4.79 Å². The zero-order valence-electron chi connectivity index (χ0n) is 19.4. The molecule has 0 bridgehead atoms. The number of rotatable bonds is 6. The summed E-state index contributed by atoms with van der Waals surface area (Å²) in [5, 5.41) is 2.36. The molecule has 36 heavy (non-hydrogen) atoms. The predicted molar refractivity (Wildman–Crippen MR) is 154 cm³/mol. The van der Waals surface area contributed by atoms with Crippen molar-refractivity contribution in [3.05, 3.63) is 108 Å². The third-order valence-corrected chi connectivity index (χ3v) is 7.80. The summed E-state index contributed by atoms with van der Waals surface area (Å²) >= 11 is 3.66. The Morgan fingerprint density at radius 2 is 1.81 bits per heavy atom. The Morgan fingerprint density at radius 3 is 2.69 bits per heavy atom. The molecule has 0 unspecified atom stereocenters. The van der Waals surface area contributed by atoms with Gasteiger partial charge in [-0.05, 0) is 81.8 Å². The van der Waals surface area contributed by atoms with Crippen molar-refractivity contribution in [1.82, 2.24) is 9.38 Å². The Bertz CT molecular complexity index is 1850. The van der Waals surface area contributed by atoms with Gasteiger partial charge in [0.05, 0.1) is 25.7 Å². The van der Waals surface area contributed by atoms with Gasteiger partial charge in [0, 0.05) is 0 Å². The molecule has 5 nitrogen and oxygen atoms in total. The Hall–Kier alpha value is -3.43. The molecule has 0 aliphatic rings. The smallest absolute Gasteiger partial charge is 0.274 e. The van der Waals surface area contributed by atoms with Crippen LogP contribution in [0.5, 0.6) is 11.5 Å². The van der Waals surface area contributed by atoms with Crippen LogP contribution in [-0.4, -0.2) is 16.0 Å². The number of thiazole rings is 1. The van der Waals surface area contributed by atoms with Crippen molar-refractivity contribution in [2.45, 2.75) is 13.5 Å². The summed E-state index contributed by atoms with van der Waals surface area (Å²) in [5.41, 5.74) is 3.59. The van der Waals surface area contributed by atoms with Gasteiger partial charge < -0.3 is 9.47 Å². The lowest BCUT2D eigenvalue weighted by Gasteiger charge is -2.15. The molecule has 0 fully saturated rings. The SMILES string of the molecule is CCOc1cc(/C=c2/sc3nc4ccccc4n3c2=O)cc(I)c1OCc1cccc2ccccc12. The molecule has 178 valence electrons. The maximum atomic E-state index is 13.2. The fourth-order valence-corrected chi connectivity index (χ4v) is 6.17. The zero-order valence-corrected chi connectivity index (χ0v) is 22.4. The first kappa shape index (κ1) is 23.0. The number of benzene rings is 4. The van der Waals surface area contributed by atoms with Crippen molar-refractivity contribution in [2.24, 2.45) is 0 Å². The maximum Gasteiger partial charge on any atom is 0.274 e. The fraction of sp³-hybridized carbons (Fsp3) is 0.103. The highest BCUT2D eigenvalue weighted by Crippen LogP contribution is 2.35. The highest BCUT2D eigenvalue weighted by Gasteiger charge is 2.14. The second kappa shape index (κ2) is 9.55. The number of hydrogen-bond acceptors (Lipinski definition) is 5. The summed E-state index contributed by atoms with van der Waals surface area (Å²) in [6.45, 7) is 2.89. The monoisotopic (exact) mass is 604 g/mol. The summed E-state index contributed by atoms with van der Waals surface area (Å²) in [4.78, 5) is 18.5. The average molecular weight is 604 g/mol. The second-order valence-corrected chi connectivity index (χ2v) is 10.5. The van der Waals surface area contributed by atoms with E-state index in [0.717, 1.165) is 25.7 Å². The van der Waals surface area contributed by atoms with Crippen molar-refractivity contribution in [1.29, 1.82) is 0 Å². The van der Waals surface area contributed by atoms with Crippen LogP contribution in [-0.2, 0) is 6.61 Å². The van der Waals surface area contributed by atoms with E-state index in [0.29, 0.717) is 34.2 Å². The molecule has 6 aromatic rings. The van der Waals surface area contributed by atoms with Crippen molar-refractivity contribution < 1.29 is 9.47 Å². The molecule has 0 atom stereocenters. The molecular weight excluding hydrogens is 583 g/mol. The lowest BCUT2D eigenvalue weighted by molar-refractivity contribution is 0.268. The van der Waals surface area contributed by atoms with Crippen LogP contribution in [0.25, 0.3) is 32.8 Å². The van der Waals surface area contributed by atoms with Crippen LogP contribution >= 0.6 is 33.9 Å². The molecule has 0 aliphatic carbocycles. The van der Waals surface area contributed by atoms with Gasteiger partial charge in [0.2, 0.25) is 0 Å². The molecule has 6 rings (SSSR count). The molecule has 2 heterocycles. The van der Waals surface area contributed by atoms with Crippen molar-refractivity contribution in [3.8, 4) is 11.5 Å². The first-order valence-electron chi connectivity index (χ1n) is 11.6. The van der Waals surface area contributed by atoms with Gasteiger partial charge in [0.15, 0.2) is 16.5 Å². The molecule has 0 spiro atoms. The van der Waals surface area contributed by atoms with E-state index in [4.69, 9.17) is 9.47 Å². The van der Waals surface area contributed by atoms with Crippen LogP contribution in [0.4, 0.5) is 0 Å². The maximum absolute atomic E-state index is 13.2. The van der Waals surface area contributed by atoms with E-state index in [1.807, 2.05) is 61.5 Å². The van der Waals surface area contributed by atoms with Gasteiger partial charge in [-0.25, -0.2) is 9.38 Å². The fourth-order valence-electron chi connectivity index (χ4n) is 4.41. The molecule has 0 amide bonds. The Morgan fingerprint density at radius 1 is 1.00 bits per heavy atom. The van der Waals surface area contributed by atoms with E-state index in [-0.39, 0.29) is 5.56 Å². The largest absolute Gasteiger partial charge is 0.490 e. The number of para-hydroxylation sites is 2. The van der Waals surface area contributed by atoms with Gasteiger partial charge in [0.25, 0.3) is 5.56 Å². The number of ether oxygens (including phenoxy) is 2. The third kappa shape index (κ3) is 4.12. The lowest BCUT2D eigenvalue weighted by atomic mass is 10.1. The summed E-state index contributed by atoms with van der Waals surface area (Å²) in [5.74, 6) is 1.37. The Labute approximate surface area is 224 Å². The predicted octanol–water partition coefficient (Wildman–Crippen LogP) is 6.19. The number of halogens is 1. The van der Waals surface area contributed by atoms with Crippen LogP contribution in [0.3, 0.4) is 0 Å². The molecular formula is C29H21IN2O3S. The van der Waals surface area contributed by atoms with E-state index < -0.39 is 0 Å². The van der Waals surface area contributed by atoms with Crippen LogP contribution in [0.2, 0.25) is 0 Å². The van der Waals surface area contributed by atoms with Gasteiger partial charge in [0.1, 0.15) is 6.61 Å². The molecule has 0 saturated heterocycles. The van der Waals surface area contributed by atoms with Crippen molar-refractivity contribution in [2.75, 3.05) is 6.61 Å². The highest BCUT2D eigenvalue weighted by molar-refractivity contribution is 14.1. The van der Waals surface area contributed by atoms with Crippen LogP contribution in [0.1, 0.15) is 18.1 Å². The summed E-state index contributed by atoms with van der Waals surface area (Å²) < 4.78 is 15.5. The molecule has 0 N–H and O–H groups in total. The summed E-state index contributed by atoms with van der Waals surface area (Å²) in [6.07, 6.45) is 1.90. The topological polar surface area (TPSA) is 52.8 Å². The molecule has 7 heteroatoms.